The highest BCUT2D eigenvalue weighted by atomic mass is 16.3. The molecule has 18 heavy (non-hydrogen) atoms. The van der Waals surface area contributed by atoms with Crippen molar-refractivity contribution in [2.45, 2.75) is 64.1 Å². The van der Waals surface area contributed by atoms with Crippen molar-refractivity contribution in [2.75, 3.05) is 13.1 Å². The van der Waals surface area contributed by atoms with E-state index >= 15 is 0 Å². The van der Waals surface area contributed by atoms with Crippen molar-refractivity contribution in [1.29, 1.82) is 0 Å². The fourth-order valence-electron chi connectivity index (χ4n) is 3.12. The first-order chi connectivity index (χ1) is 8.58. The number of carbonyl (C=O) groups excluding carboxylic acids is 1. The molecule has 1 amide bonds. The van der Waals surface area contributed by atoms with E-state index < -0.39 is 0 Å². The van der Waals surface area contributed by atoms with Gasteiger partial charge < -0.3 is 10.4 Å². The Bertz CT molecular complexity index is 288. The summed E-state index contributed by atoms with van der Waals surface area (Å²) in [6.45, 7) is 5.60. The lowest BCUT2D eigenvalue weighted by molar-refractivity contribution is -0.126. The molecule has 1 saturated carbocycles. The van der Waals surface area contributed by atoms with Crippen LogP contribution < -0.4 is 5.32 Å². The summed E-state index contributed by atoms with van der Waals surface area (Å²) in [5.74, 6) is 0.486. The highest BCUT2D eigenvalue weighted by molar-refractivity contribution is 5.81. The molecule has 4 nitrogen and oxygen atoms in total. The lowest BCUT2D eigenvalue weighted by atomic mass is 10.0. The third-order valence-corrected chi connectivity index (χ3v) is 4.57. The van der Waals surface area contributed by atoms with Crippen LogP contribution >= 0.6 is 0 Å². The van der Waals surface area contributed by atoms with Crippen molar-refractivity contribution < 1.29 is 9.90 Å². The van der Waals surface area contributed by atoms with Crippen LogP contribution in [0.4, 0.5) is 0 Å². The zero-order chi connectivity index (χ0) is 13.1. The van der Waals surface area contributed by atoms with Crippen LogP contribution in [-0.4, -0.2) is 47.2 Å². The van der Waals surface area contributed by atoms with Crippen molar-refractivity contribution in [3.8, 4) is 0 Å². The molecule has 1 aliphatic heterocycles. The molecular weight excluding hydrogens is 228 g/mol. The standard InChI is InChI=1S/C14H26N2O2/c1-10(14(18)15-13-5-3-4-6-13)16-8-7-12(9-16)11(2)17/h10-13,17H,3-9H2,1-2H3,(H,15,18). The fraction of sp³-hybridized carbons (Fsp3) is 0.929. The van der Waals surface area contributed by atoms with Gasteiger partial charge in [-0.15, -0.1) is 0 Å². The molecule has 1 saturated heterocycles. The second kappa shape index (κ2) is 6.02. The third-order valence-electron chi connectivity index (χ3n) is 4.57. The molecule has 0 aromatic carbocycles. The van der Waals surface area contributed by atoms with Gasteiger partial charge in [-0.1, -0.05) is 12.8 Å². The van der Waals surface area contributed by atoms with Crippen LogP contribution in [-0.2, 0) is 4.79 Å². The van der Waals surface area contributed by atoms with E-state index in [1.165, 1.54) is 12.8 Å². The summed E-state index contributed by atoms with van der Waals surface area (Å²) in [5.41, 5.74) is 0. The summed E-state index contributed by atoms with van der Waals surface area (Å²) in [7, 11) is 0. The number of aliphatic hydroxyl groups excluding tert-OH is 1. The number of hydrogen-bond donors (Lipinski definition) is 2. The first-order valence-electron chi connectivity index (χ1n) is 7.30. The number of hydrogen-bond acceptors (Lipinski definition) is 3. The van der Waals surface area contributed by atoms with E-state index in [4.69, 9.17) is 0 Å². The van der Waals surface area contributed by atoms with Gasteiger partial charge in [-0.3, -0.25) is 9.69 Å². The molecule has 2 aliphatic rings. The van der Waals surface area contributed by atoms with E-state index in [0.29, 0.717) is 12.0 Å². The molecule has 2 N–H and O–H groups in total. The van der Waals surface area contributed by atoms with Crippen molar-refractivity contribution in [3.63, 3.8) is 0 Å². The quantitative estimate of drug-likeness (QED) is 0.791. The van der Waals surface area contributed by atoms with Gasteiger partial charge >= 0.3 is 0 Å². The average molecular weight is 254 g/mol. The monoisotopic (exact) mass is 254 g/mol. The fourth-order valence-corrected chi connectivity index (χ4v) is 3.12. The smallest absolute Gasteiger partial charge is 0.237 e. The van der Waals surface area contributed by atoms with E-state index in [1.54, 1.807) is 0 Å². The third kappa shape index (κ3) is 3.23. The highest BCUT2D eigenvalue weighted by Gasteiger charge is 2.32. The molecule has 104 valence electrons. The molecule has 0 aromatic rings. The minimum Gasteiger partial charge on any atom is -0.393 e. The minimum atomic E-state index is -0.264. The number of carbonyl (C=O) groups is 1. The van der Waals surface area contributed by atoms with Gasteiger partial charge in [0.05, 0.1) is 12.1 Å². The van der Waals surface area contributed by atoms with Gasteiger partial charge in [-0.05, 0) is 45.6 Å². The highest BCUT2D eigenvalue weighted by Crippen LogP contribution is 2.22. The van der Waals surface area contributed by atoms with E-state index in [-0.39, 0.29) is 18.1 Å². The van der Waals surface area contributed by atoms with Crippen molar-refractivity contribution >= 4 is 5.91 Å². The van der Waals surface area contributed by atoms with E-state index in [2.05, 4.69) is 10.2 Å². The normalized spacial score (nSPS) is 29.4. The Labute approximate surface area is 110 Å². The van der Waals surface area contributed by atoms with Gasteiger partial charge in [-0.2, -0.15) is 0 Å². The van der Waals surface area contributed by atoms with Crippen LogP contribution in [0.3, 0.4) is 0 Å². The number of nitrogens with zero attached hydrogens (tertiary/aromatic N) is 1. The summed E-state index contributed by atoms with van der Waals surface area (Å²) in [6, 6.07) is 0.337. The molecule has 2 rings (SSSR count). The first kappa shape index (κ1) is 13.8. The number of aliphatic hydroxyl groups is 1. The predicted molar refractivity (Wildman–Crippen MR) is 71.2 cm³/mol. The Balaban J connectivity index is 1.79. The largest absolute Gasteiger partial charge is 0.393 e. The minimum absolute atomic E-state index is 0.0608. The van der Waals surface area contributed by atoms with Gasteiger partial charge in [0.25, 0.3) is 0 Å². The second-order valence-corrected chi connectivity index (χ2v) is 5.95. The predicted octanol–water partition coefficient (Wildman–Crippen LogP) is 1.14. The van der Waals surface area contributed by atoms with Gasteiger partial charge in [0.2, 0.25) is 5.91 Å². The lowest BCUT2D eigenvalue weighted by Gasteiger charge is -2.25. The maximum Gasteiger partial charge on any atom is 0.237 e. The van der Waals surface area contributed by atoms with Crippen LogP contribution in [0.15, 0.2) is 0 Å². The summed E-state index contributed by atoms with van der Waals surface area (Å²) in [4.78, 5) is 14.3. The first-order valence-corrected chi connectivity index (χ1v) is 7.30. The molecule has 0 aromatic heterocycles. The molecule has 2 fully saturated rings. The Kier molecular flexibility index (Phi) is 4.62. The number of likely N-dealkylation sites (tertiary alicyclic amines) is 1. The van der Waals surface area contributed by atoms with Crippen molar-refractivity contribution in [2.24, 2.45) is 5.92 Å². The van der Waals surface area contributed by atoms with Gasteiger partial charge in [-0.25, -0.2) is 0 Å². The van der Waals surface area contributed by atoms with Crippen LogP contribution in [0.5, 0.6) is 0 Å². The molecule has 0 bridgehead atoms. The molecule has 0 radical (unpaired) electrons. The maximum absolute atomic E-state index is 12.1. The molecule has 3 unspecified atom stereocenters. The Morgan fingerprint density at radius 1 is 1.28 bits per heavy atom. The average Bonchev–Trinajstić information content (AvgIpc) is 2.98. The van der Waals surface area contributed by atoms with Crippen LogP contribution in [0.25, 0.3) is 0 Å². The zero-order valence-electron chi connectivity index (χ0n) is 11.6. The number of rotatable bonds is 4. The van der Waals surface area contributed by atoms with Crippen LogP contribution in [0.1, 0.15) is 46.0 Å². The maximum atomic E-state index is 12.1. The summed E-state index contributed by atoms with van der Waals surface area (Å²) >= 11 is 0. The Morgan fingerprint density at radius 3 is 2.50 bits per heavy atom. The SMILES string of the molecule is CC(O)C1CCN(C(C)C(=O)NC2CCCC2)C1. The van der Waals surface area contributed by atoms with Crippen molar-refractivity contribution in [3.05, 3.63) is 0 Å². The van der Waals surface area contributed by atoms with Gasteiger partial charge in [0.1, 0.15) is 0 Å². The van der Waals surface area contributed by atoms with Crippen molar-refractivity contribution in [1.82, 2.24) is 10.2 Å². The van der Waals surface area contributed by atoms with E-state index in [9.17, 15) is 9.90 Å². The van der Waals surface area contributed by atoms with Crippen LogP contribution in [0.2, 0.25) is 0 Å². The number of nitrogens with one attached hydrogen (secondary N) is 1. The van der Waals surface area contributed by atoms with E-state index in [1.807, 2.05) is 13.8 Å². The molecule has 3 atom stereocenters. The topological polar surface area (TPSA) is 52.6 Å². The molecular formula is C14H26N2O2. The van der Waals surface area contributed by atoms with Crippen LogP contribution in [0, 0.1) is 5.92 Å². The molecule has 4 heteroatoms. The Hall–Kier alpha value is -0.610. The van der Waals surface area contributed by atoms with Gasteiger partial charge in [0, 0.05) is 12.6 Å². The molecule has 0 spiro atoms. The summed E-state index contributed by atoms with van der Waals surface area (Å²) in [5, 5.41) is 12.7. The lowest BCUT2D eigenvalue weighted by Crippen LogP contribution is -2.47. The van der Waals surface area contributed by atoms with Gasteiger partial charge in [0.15, 0.2) is 0 Å². The zero-order valence-corrected chi connectivity index (χ0v) is 11.6. The van der Waals surface area contributed by atoms with E-state index in [0.717, 1.165) is 32.4 Å². The Morgan fingerprint density at radius 2 is 1.94 bits per heavy atom. The molecule has 1 aliphatic carbocycles. The molecule has 1 heterocycles. The number of amides is 1. The second-order valence-electron chi connectivity index (χ2n) is 5.95. The summed E-state index contributed by atoms with van der Waals surface area (Å²) < 4.78 is 0. The summed E-state index contributed by atoms with van der Waals surface area (Å²) in [6.07, 6.45) is 5.49.